The van der Waals surface area contributed by atoms with E-state index in [1.165, 1.54) is 23.5 Å². The highest BCUT2D eigenvalue weighted by Gasteiger charge is 2.24. The summed E-state index contributed by atoms with van der Waals surface area (Å²) < 4.78 is 13.1. The maximum atomic E-state index is 13.1. The first-order chi connectivity index (χ1) is 14.9. The van der Waals surface area contributed by atoms with Crippen LogP contribution in [0, 0.1) is 12.7 Å². The van der Waals surface area contributed by atoms with Crippen molar-refractivity contribution < 1.29 is 14.0 Å². The average molecular weight is 458 g/mol. The summed E-state index contributed by atoms with van der Waals surface area (Å²) in [6.07, 6.45) is 2.48. The second-order valence-electron chi connectivity index (χ2n) is 7.47. The number of aryl methyl sites for hydroxylation is 1. The van der Waals surface area contributed by atoms with Gasteiger partial charge < -0.3 is 10.2 Å². The van der Waals surface area contributed by atoms with Gasteiger partial charge in [0.2, 0.25) is 0 Å². The maximum Gasteiger partial charge on any atom is 0.267 e. The SMILES string of the molecule is Cc1nc(Cc2ccc(F)cc2)sc1C(=O)Nc1cc(Cl)ccc1C(=O)N1CCCC1. The minimum atomic E-state index is -0.335. The molecule has 2 aromatic carbocycles. The van der Waals surface area contributed by atoms with Crippen molar-refractivity contribution in [3.05, 3.63) is 80.0 Å². The third-order valence-electron chi connectivity index (χ3n) is 5.17. The van der Waals surface area contributed by atoms with Gasteiger partial charge in [0.05, 0.1) is 22.0 Å². The van der Waals surface area contributed by atoms with Crippen molar-refractivity contribution in [2.75, 3.05) is 18.4 Å². The summed E-state index contributed by atoms with van der Waals surface area (Å²) in [5.74, 6) is -0.736. The lowest BCUT2D eigenvalue weighted by Gasteiger charge is -2.18. The first-order valence-corrected chi connectivity index (χ1v) is 11.2. The van der Waals surface area contributed by atoms with Gasteiger partial charge in [-0.2, -0.15) is 0 Å². The lowest BCUT2D eigenvalue weighted by molar-refractivity contribution is 0.0794. The second-order valence-corrected chi connectivity index (χ2v) is 8.99. The number of benzene rings is 2. The fraction of sp³-hybridized carbons (Fsp3) is 0.261. The van der Waals surface area contributed by atoms with Crippen molar-refractivity contribution in [2.45, 2.75) is 26.2 Å². The zero-order valence-electron chi connectivity index (χ0n) is 17.0. The molecule has 0 unspecified atom stereocenters. The van der Waals surface area contributed by atoms with Gasteiger partial charge in [-0.1, -0.05) is 23.7 Å². The van der Waals surface area contributed by atoms with E-state index in [1.807, 2.05) is 0 Å². The first-order valence-electron chi connectivity index (χ1n) is 10.0. The van der Waals surface area contributed by atoms with Crippen LogP contribution in [0.15, 0.2) is 42.5 Å². The Bertz CT molecular complexity index is 1120. The molecule has 8 heteroatoms. The van der Waals surface area contributed by atoms with Crippen LogP contribution in [0.4, 0.5) is 10.1 Å². The molecule has 2 heterocycles. The normalized spacial score (nSPS) is 13.5. The van der Waals surface area contributed by atoms with E-state index in [9.17, 15) is 14.0 Å². The molecule has 5 nitrogen and oxygen atoms in total. The molecule has 0 atom stereocenters. The zero-order valence-corrected chi connectivity index (χ0v) is 18.5. The van der Waals surface area contributed by atoms with Crippen molar-refractivity contribution in [3.63, 3.8) is 0 Å². The Balaban J connectivity index is 1.54. The lowest BCUT2D eigenvalue weighted by atomic mass is 10.1. The van der Waals surface area contributed by atoms with Crippen LogP contribution < -0.4 is 5.32 Å². The van der Waals surface area contributed by atoms with E-state index in [-0.39, 0.29) is 17.6 Å². The molecule has 0 radical (unpaired) electrons. The molecular formula is C23H21ClFN3O2S. The molecule has 1 aliphatic rings. The number of amides is 2. The van der Waals surface area contributed by atoms with Gasteiger partial charge in [0, 0.05) is 24.5 Å². The standard InChI is InChI=1S/C23H21ClFN3O2S/c1-14-21(31-20(26-14)12-15-4-7-17(25)8-5-15)22(29)27-19-13-16(24)6-9-18(19)23(30)28-10-2-3-11-28/h4-9,13H,2-3,10-12H2,1H3,(H,27,29). The van der Waals surface area contributed by atoms with Crippen LogP contribution in [0.25, 0.3) is 0 Å². The molecule has 1 fully saturated rings. The Labute approximate surface area is 188 Å². The maximum absolute atomic E-state index is 13.1. The van der Waals surface area contributed by atoms with Gasteiger partial charge in [0.1, 0.15) is 10.7 Å². The van der Waals surface area contributed by atoms with Gasteiger partial charge >= 0.3 is 0 Å². The molecule has 4 rings (SSSR count). The van der Waals surface area contributed by atoms with Gasteiger partial charge in [0.25, 0.3) is 11.8 Å². The van der Waals surface area contributed by atoms with Gasteiger partial charge in [-0.3, -0.25) is 9.59 Å². The van der Waals surface area contributed by atoms with E-state index < -0.39 is 0 Å². The number of thiazole rings is 1. The van der Waals surface area contributed by atoms with E-state index in [1.54, 1.807) is 42.2 Å². The molecule has 1 aliphatic heterocycles. The van der Waals surface area contributed by atoms with Crippen molar-refractivity contribution in [3.8, 4) is 0 Å². The van der Waals surface area contributed by atoms with E-state index >= 15 is 0 Å². The van der Waals surface area contributed by atoms with E-state index in [2.05, 4.69) is 10.3 Å². The average Bonchev–Trinajstić information content (AvgIpc) is 3.39. The summed E-state index contributed by atoms with van der Waals surface area (Å²) >= 11 is 7.42. The van der Waals surface area contributed by atoms with E-state index in [4.69, 9.17) is 11.6 Å². The van der Waals surface area contributed by atoms with Gasteiger partial charge in [-0.25, -0.2) is 9.37 Å². The largest absolute Gasteiger partial charge is 0.339 e. The summed E-state index contributed by atoms with van der Waals surface area (Å²) in [7, 11) is 0. The van der Waals surface area contributed by atoms with Gasteiger partial charge in [-0.15, -0.1) is 11.3 Å². The number of aromatic nitrogens is 1. The quantitative estimate of drug-likeness (QED) is 0.563. The van der Waals surface area contributed by atoms with Crippen LogP contribution in [-0.4, -0.2) is 34.8 Å². The number of halogens is 2. The Hall–Kier alpha value is -2.77. The lowest BCUT2D eigenvalue weighted by Crippen LogP contribution is -2.28. The Morgan fingerprint density at radius 2 is 1.87 bits per heavy atom. The molecule has 0 saturated carbocycles. The van der Waals surface area contributed by atoms with Crippen molar-refractivity contribution in [1.29, 1.82) is 0 Å². The van der Waals surface area contributed by atoms with Crippen LogP contribution in [0.5, 0.6) is 0 Å². The summed E-state index contributed by atoms with van der Waals surface area (Å²) in [6.45, 7) is 3.21. The number of nitrogens with zero attached hydrogens (tertiary/aromatic N) is 2. The second kappa shape index (κ2) is 9.16. The zero-order chi connectivity index (χ0) is 22.0. The molecular weight excluding hydrogens is 437 g/mol. The predicted molar refractivity (Wildman–Crippen MR) is 121 cm³/mol. The highest BCUT2D eigenvalue weighted by molar-refractivity contribution is 7.14. The number of rotatable bonds is 5. The fourth-order valence-corrected chi connectivity index (χ4v) is 4.76. The number of likely N-dealkylation sites (tertiary alicyclic amines) is 1. The third kappa shape index (κ3) is 4.94. The highest BCUT2D eigenvalue weighted by Crippen LogP contribution is 2.27. The number of nitrogens with one attached hydrogen (secondary N) is 1. The third-order valence-corrected chi connectivity index (χ3v) is 6.56. The topological polar surface area (TPSA) is 62.3 Å². The molecule has 160 valence electrons. The monoisotopic (exact) mass is 457 g/mol. The van der Waals surface area contributed by atoms with Crippen LogP contribution in [-0.2, 0) is 6.42 Å². The predicted octanol–water partition coefficient (Wildman–Crippen LogP) is 5.32. The molecule has 0 spiro atoms. The number of anilines is 1. The number of carbonyl (C=O) groups excluding carboxylic acids is 2. The number of carbonyl (C=O) groups is 2. The Morgan fingerprint density at radius 3 is 2.58 bits per heavy atom. The van der Waals surface area contributed by atoms with Crippen LogP contribution in [0.1, 0.15) is 49.1 Å². The number of hydrogen-bond donors (Lipinski definition) is 1. The van der Waals surface area contributed by atoms with E-state index in [0.717, 1.165) is 36.5 Å². The molecule has 2 amide bonds. The Morgan fingerprint density at radius 1 is 1.16 bits per heavy atom. The van der Waals surface area contributed by atoms with Crippen molar-refractivity contribution >= 4 is 40.4 Å². The summed E-state index contributed by atoms with van der Waals surface area (Å²) in [6, 6.07) is 11.1. The van der Waals surface area contributed by atoms with Crippen LogP contribution >= 0.6 is 22.9 Å². The molecule has 0 aliphatic carbocycles. The van der Waals surface area contributed by atoms with Gasteiger partial charge in [0.15, 0.2) is 0 Å². The minimum Gasteiger partial charge on any atom is -0.339 e. The highest BCUT2D eigenvalue weighted by atomic mass is 35.5. The first kappa shape index (κ1) is 21.5. The molecule has 1 N–H and O–H groups in total. The van der Waals surface area contributed by atoms with Crippen molar-refractivity contribution in [2.24, 2.45) is 0 Å². The van der Waals surface area contributed by atoms with Crippen LogP contribution in [0.3, 0.4) is 0 Å². The number of hydrogen-bond acceptors (Lipinski definition) is 4. The fourth-order valence-electron chi connectivity index (χ4n) is 3.59. The molecule has 0 bridgehead atoms. The smallest absolute Gasteiger partial charge is 0.267 e. The molecule has 1 saturated heterocycles. The van der Waals surface area contributed by atoms with E-state index in [0.29, 0.717) is 33.3 Å². The summed E-state index contributed by atoms with van der Waals surface area (Å²) in [5.41, 5.74) is 2.33. The minimum absolute atomic E-state index is 0.109. The summed E-state index contributed by atoms with van der Waals surface area (Å²) in [5, 5.41) is 4.04. The van der Waals surface area contributed by atoms with Gasteiger partial charge in [-0.05, 0) is 55.7 Å². The molecule has 1 aromatic heterocycles. The molecule has 31 heavy (non-hydrogen) atoms. The Kier molecular flexibility index (Phi) is 6.34. The van der Waals surface area contributed by atoms with Crippen LogP contribution in [0.2, 0.25) is 5.02 Å². The summed E-state index contributed by atoms with van der Waals surface area (Å²) in [4.78, 5) is 32.6. The van der Waals surface area contributed by atoms with Crippen molar-refractivity contribution in [1.82, 2.24) is 9.88 Å². The molecule has 3 aromatic rings.